The predicted molar refractivity (Wildman–Crippen MR) is 83.2 cm³/mol. The topological polar surface area (TPSA) is 52.0 Å². The molecule has 1 aromatic heterocycles. The Morgan fingerprint density at radius 2 is 2.19 bits per heavy atom. The number of benzene rings is 1. The average molecular weight is 288 g/mol. The quantitative estimate of drug-likeness (QED) is 0.851. The van der Waals surface area contributed by atoms with Gasteiger partial charge in [0.05, 0.1) is 0 Å². The van der Waals surface area contributed by atoms with Crippen LogP contribution >= 0.6 is 0 Å². The molecule has 0 fully saturated rings. The molecule has 5 nitrogen and oxygen atoms in total. The SMILES string of the molecule is CCCNC(C)c1cc(C)ccc1OCc1ncnn1C. The maximum Gasteiger partial charge on any atom is 0.164 e. The van der Waals surface area contributed by atoms with Gasteiger partial charge >= 0.3 is 0 Å². The van der Waals surface area contributed by atoms with Gasteiger partial charge in [-0.25, -0.2) is 4.98 Å². The van der Waals surface area contributed by atoms with E-state index in [4.69, 9.17) is 4.74 Å². The van der Waals surface area contributed by atoms with Gasteiger partial charge in [0.2, 0.25) is 0 Å². The van der Waals surface area contributed by atoms with Crippen molar-refractivity contribution in [2.75, 3.05) is 6.54 Å². The highest BCUT2D eigenvalue weighted by molar-refractivity contribution is 5.39. The summed E-state index contributed by atoms with van der Waals surface area (Å²) in [6.07, 6.45) is 2.66. The summed E-state index contributed by atoms with van der Waals surface area (Å²) in [5.41, 5.74) is 2.42. The van der Waals surface area contributed by atoms with E-state index in [1.807, 2.05) is 13.1 Å². The van der Waals surface area contributed by atoms with E-state index in [0.717, 1.165) is 24.5 Å². The van der Waals surface area contributed by atoms with Crippen molar-refractivity contribution in [3.8, 4) is 5.75 Å². The molecule has 0 saturated carbocycles. The largest absolute Gasteiger partial charge is 0.485 e. The fraction of sp³-hybridized carbons (Fsp3) is 0.500. The Morgan fingerprint density at radius 1 is 1.38 bits per heavy atom. The molecule has 1 aromatic carbocycles. The first-order chi connectivity index (χ1) is 10.1. The van der Waals surface area contributed by atoms with E-state index in [2.05, 4.69) is 48.3 Å². The molecule has 1 unspecified atom stereocenters. The number of hydrogen-bond acceptors (Lipinski definition) is 4. The highest BCUT2D eigenvalue weighted by Crippen LogP contribution is 2.27. The molecular formula is C16H24N4O. The number of hydrogen-bond donors (Lipinski definition) is 1. The molecule has 0 aliphatic rings. The van der Waals surface area contributed by atoms with Crippen LogP contribution in [0.5, 0.6) is 5.75 Å². The first kappa shape index (κ1) is 15.5. The van der Waals surface area contributed by atoms with Crippen LogP contribution in [0.2, 0.25) is 0 Å². The average Bonchev–Trinajstić information content (AvgIpc) is 2.88. The van der Waals surface area contributed by atoms with Crippen molar-refractivity contribution in [2.24, 2.45) is 7.05 Å². The Balaban J connectivity index is 2.12. The van der Waals surface area contributed by atoms with Crippen molar-refractivity contribution in [3.05, 3.63) is 41.5 Å². The predicted octanol–water partition coefficient (Wildman–Crippen LogP) is 2.76. The Kier molecular flexibility index (Phi) is 5.33. The van der Waals surface area contributed by atoms with Gasteiger partial charge < -0.3 is 10.1 Å². The fourth-order valence-corrected chi connectivity index (χ4v) is 2.20. The van der Waals surface area contributed by atoms with Gasteiger partial charge in [0.25, 0.3) is 0 Å². The highest BCUT2D eigenvalue weighted by Gasteiger charge is 2.12. The molecule has 21 heavy (non-hydrogen) atoms. The number of ether oxygens (including phenoxy) is 1. The van der Waals surface area contributed by atoms with Crippen LogP contribution in [0, 0.1) is 6.92 Å². The van der Waals surface area contributed by atoms with E-state index in [-0.39, 0.29) is 6.04 Å². The van der Waals surface area contributed by atoms with Crippen molar-refractivity contribution >= 4 is 0 Å². The van der Waals surface area contributed by atoms with Crippen LogP contribution in [0.1, 0.15) is 43.3 Å². The Bertz CT molecular complexity index is 579. The molecule has 2 aromatic rings. The number of aromatic nitrogens is 3. The number of rotatable bonds is 7. The molecule has 0 amide bonds. The maximum absolute atomic E-state index is 5.96. The zero-order chi connectivity index (χ0) is 15.2. The zero-order valence-corrected chi connectivity index (χ0v) is 13.3. The number of nitrogens with one attached hydrogen (secondary N) is 1. The van der Waals surface area contributed by atoms with Crippen LogP contribution < -0.4 is 10.1 Å². The van der Waals surface area contributed by atoms with Gasteiger partial charge in [0.15, 0.2) is 5.82 Å². The van der Waals surface area contributed by atoms with Crippen LogP contribution in [0.3, 0.4) is 0 Å². The van der Waals surface area contributed by atoms with E-state index in [9.17, 15) is 0 Å². The first-order valence-corrected chi connectivity index (χ1v) is 7.41. The molecule has 0 aliphatic carbocycles. The lowest BCUT2D eigenvalue weighted by Crippen LogP contribution is -2.20. The Labute approximate surface area is 126 Å². The van der Waals surface area contributed by atoms with E-state index in [1.165, 1.54) is 11.1 Å². The molecule has 1 atom stereocenters. The summed E-state index contributed by atoms with van der Waals surface area (Å²) in [4.78, 5) is 4.18. The number of nitrogens with zero attached hydrogens (tertiary/aromatic N) is 3. The standard InChI is InChI=1S/C16H24N4O/c1-5-8-17-13(3)14-9-12(2)6-7-15(14)21-10-16-18-11-19-20(16)4/h6-7,9,11,13,17H,5,8,10H2,1-4H3. The molecule has 1 N–H and O–H groups in total. The smallest absolute Gasteiger partial charge is 0.164 e. The van der Waals surface area contributed by atoms with Gasteiger partial charge in [-0.2, -0.15) is 5.10 Å². The van der Waals surface area contributed by atoms with E-state index in [0.29, 0.717) is 6.61 Å². The molecule has 114 valence electrons. The third kappa shape index (κ3) is 4.04. The summed E-state index contributed by atoms with van der Waals surface area (Å²) < 4.78 is 7.68. The van der Waals surface area contributed by atoms with Crippen LogP contribution in [-0.2, 0) is 13.7 Å². The minimum Gasteiger partial charge on any atom is -0.485 e. The highest BCUT2D eigenvalue weighted by atomic mass is 16.5. The third-order valence-electron chi connectivity index (χ3n) is 3.49. The first-order valence-electron chi connectivity index (χ1n) is 7.41. The van der Waals surface area contributed by atoms with Gasteiger partial charge in [-0.3, -0.25) is 4.68 Å². The van der Waals surface area contributed by atoms with Crippen molar-refractivity contribution in [3.63, 3.8) is 0 Å². The summed E-state index contributed by atoms with van der Waals surface area (Å²) in [5, 5.41) is 7.56. The molecule has 5 heteroatoms. The normalized spacial score (nSPS) is 12.4. The van der Waals surface area contributed by atoms with Crippen LogP contribution in [0.15, 0.2) is 24.5 Å². The van der Waals surface area contributed by atoms with Gasteiger partial charge in [0, 0.05) is 18.7 Å². The monoisotopic (exact) mass is 288 g/mol. The van der Waals surface area contributed by atoms with Crippen LogP contribution in [0.4, 0.5) is 0 Å². The molecule has 0 radical (unpaired) electrons. The van der Waals surface area contributed by atoms with Gasteiger partial charge in [-0.1, -0.05) is 24.6 Å². The van der Waals surface area contributed by atoms with Crippen molar-refractivity contribution < 1.29 is 4.74 Å². The summed E-state index contributed by atoms with van der Waals surface area (Å²) in [6, 6.07) is 6.55. The second-order valence-corrected chi connectivity index (χ2v) is 5.31. The minimum atomic E-state index is 0.263. The van der Waals surface area contributed by atoms with E-state index < -0.39 is 0 Å². The van der Waals surface area contributed by atoms with Crippen LogP contribution in [0.25, 0.3) is 0 Å². The third-order valence-corrected chi connectivity index (χ3v) is 3.49. The molecular weight excluding hydrogens is 264 g/mol. The Hall–Kier alpha value is -1.88. The minimum absolute atomic E-state index is 0.263. The van der Waals surface area contributed by atoms with Gasteiger partial charge in [0.1, 0.15) is 18.7 Å². The second kappa shape index (κ2) is 7.22. The van der Waals surface area contributed by atoms with Gasteiger partial charge in [-0.05, 0) is 32.9 Å². The molecule has 0 bridgehead atoms. The molecule has 2 rings (SSSR count). The summed E-state index contributed by atoms with van der Waals surface area (Å²) in [7, 11) is 1.87. The van der Waals surface area contributed by atoms with E-state index in [1.54, 1.807) is 11.0 Å². The molecule has 0 saturated heterocycles. The van der Waals surface area contributed by atoms with Crippen molar-refractivity contribution in [1.82, 2.24) is 20.1 Å². The van der Waals surface area contributed by atoms with E-state index >= 15 is 0 Å². The van der Waals surface area contributed by atoms with Crippen molar-refractivity contribution in [1.29, 1.82) is 0 Å². The summed E-state index contributed by atoms with van der Waals surface area (Å²) in [6.45, 7) is 7.86. The zero-order valence-electron chi connectivity index (χ0n) is 13.3. The molecule has 0 aliphatic heterocycles. The lowest BCUT2D eigenvalue weighted by molar-refractivity contribution is 0.284. The molecule has 0 spiro atoms. The second-order valence-electron chi connectivity index (χ2n) is 5.31. The van der Waals surface area contributed by atoms with Crippen molar-refractivity contribution in [2.45, 2.75) is 39.8 Å². The Morgan fingerprint density at radius 3 is 2.86 bits per heavy atom. The molecule has 1 heterocycles. The lowest BCUT2D eigenvalue weighted by Gasteiger charge is -2.18. The fourth-order valence-electron chi connectivity index (χ4n) is 2.20. The number of aryl methyl sites for hydroxylation is 2. The van der Waals surface area contributed by atoms with Crippen LogP contribution in [-0.4, -0.2) is 21.3 Å². The lowest BCUT2D eigenvalue weighted by atomic mass is 10.0. The maximum atomic E-state index is 5.96. The summed E-state index contributed by atoms with van der Waals surface area (Å²) in [5.74, 6) is 1.72. The van der Waals surface area contributed by atoms with Gasteiger partial charge in [-0.15, -0.1) is 0 Å². The summed E-state index contributed by atoms with van der Waals surface area (Å²) >= 11 is 0.